The van der Waals surface area contributed by atoms with Gasteiger partial charge in [-0.15, -0.1) is 0 Å². The van der Waals surface area contributed by atoms with Crippen LogP contribution in [0.3, 0.4) is 0 Å². The lowest BCUT2D eigenvalue weighted by Gasteiger charge is -2.22. The number of aliphatic hydroxyl groups is 1. The van der Waals surface area contributed by atoms with Gasteiger partial charge in [-0.05, 0) is 36.5 Å². The van der Waals surface area contributed by atoms with Crippen LogP contribution in [0, 0.1) is 5.92 Å². The van der Waals surface area contributed by atoms with Crippen molar-refractivity contribution in [1.29, 1.82) is 0 Å². The summed E-state index contributed by atoms with van der Waals surface area (Å²) < 4.78 is 0. The minimum absolute atomic E-state index is 0.303. The maximum absolute atomic E-state index is 10.7. The number of benzene rings is 1. The molecule has 0 saturated heterocycles. The van der Waals surface area contributed by atoms with Crippen LogP contribution in [0.15, 0.2) is 30.5 Å². The molecule has 2 nitrogen and oxygen atoms in total. The van der Waals surface area contributed by atoms with E-state index in [4.69, 9.17) is 0 Å². The SMILES string of the molecule is OC(c1cccc2[nH]ccc12)C1CCCCCC1. The molecule has 18 heavy (non-hydrogen) atoms. The third kappa shape index (κ3) is 2.17. The molecule has 2 N–H and O–H groups in total. The largest absolute Gasteiger partial charge is 0.388 e. The highest BCUT2D eigenvalue weighted by Gasteiger charge is 2.23. The van der Waals surface area contributed by atoms with Crippen LogP contribution in [0.5, 0.6) is 0 Å². The molecule has 0 radical (unpaired) electrons. The summed E-state index contributed by atoms with van der Waals surface area (Å²) in [7, 11) is 0. The number of hydrogen-bond acceptors (Lipinski definition) is 1. The Labute approximate surface area is 108 Å². The standard InChI is InChI=1S/C16H21NO/c18-16(12-6-3-1-2-4-7-12)14-8-5-9-15-13(14)10-11-17-15/h5,8-12,16-18H,1-4,6-7H2. The van der Waals surface area contributed by atoms with Gasteiger partial charge in [0.25, 0.3) is 0 Å². The van der Waals surface area contributed by atoms with Crippen LogP contribution in [-0.2, 0) is 0 Å². The molecule has 0 amide bonds. The Morgan fingerprint density at radius 1 is 1.06 bits per heavy atom. The first-order chi connectivity index (χ1) is 8.86. The molecule has 1 aliphatic carbocycles. The van der Waals surface area contributed by atoms with Crippen molar-refractivity contribution in [1.82, 2.24) is 4.98 Å². The van der Waals surface area contributed by atoms with E-state index in [0.29, 0.717) is 5.92 Å². The van der Waals surface area contributed by atoms with E-state index in [1.54, 1.807) is 0 Å². The quantitative estimate of drug-likeness (QED) is 0.763. The average molecular weight is 243 g/mol. The zero-order chi connectivity index (χ0) is 12.4. The van der Waals surface area contributed by atoms with Gasteiger partial charge in [-0.2, -0.15) is 0 Å². The van der Waals surface area contributed by atoms with Crippen LogP contribution in [0.2, 0.25) is 0 Å². The van der Waals surface area contributed by atoms with Gasteiger partial charge in [0.1, 0.15) is 0 Å². The van der Waals surface area contributed by atoms with Gasteiger partial charge in [-0.1, -0.05) is 37.8 Å². The average Bonchev–Trinajstić information content (AvgIpc) is 2.71. The van der Waals surface area contributed by atoms with E-state index in [1.165, 1.54) is 43.9 Å². The highest BCUT2D eigenvalue weighted by Crippen LogP contribution is 2.36. The lowest BCUT2D eigenvalue weighted by molar-refractivity contribution is 0.100. The summed E-state index contributed by atoms with van der Waals surface area (Å²) in [5.74, 6) is 0.438. The van der Waals surface area contributed by atoms with Crippen LogP contribution in [0.25, 0.3) is 10.9 Å². The van der Waals surface area contributed by atoms with Gasteiger partial charge in [-0.25, -0.2) is 0 Å². The van der Waals surface area contributed by atoms with Crippen LogP contribution in [-0.4, -0.2) is 10.1 Å². The molecule has 0 aliphatic heterocycles. The van der Waals surface area contributed by atoms with Gasteiger partial charge in [0, 0.05) is 17.1 Å². The van der Waals surface area contributed by atoms with Gasteiger partial charge < -0.3 is 10.1 Å². The molecule has 3 rings (SSSR count). The Bertz CT molecular complexity index is 509. The Kier molecular flexibility index (Phi) is 3.37. The number of nitrogens with one attached hydrogen (secondary N) is 1. The predicted octanol–water partition coefficient (Wildman–Crippen LogP) is 4.17. The molecule has 1 aromatic heterocycles. The zero-order valence-electron chi connectivity index (χ0n) is 10.7. The second kappa shape index (κ2) is 5.15. The minimum Gasteiger partial charge on any atom is -0.388 e. The molecule has 96 valence electrons. The van der Waals surface area contributed by atoms with Crippen molar-refractivity contribution >= 4 is 10.9 Å². The third-order valence-corrected chi connectivity index (χ3v) is 4.29. The Morgan fingerprint density at radius 2 is 1.83 bits per heavy atom. The molecular formula is C16H21NO. The van der Waals surface area contributed by atoms with E-state index in [-0.39, 0.29) is 6.10 Å². The van der Waals surface area contributed by atoms with E-state index in [0.717, 1.165) is 11.1 Å². The Balaban J connectivity index is 1.90. The molecule has 1 saturated carbocycles. The molecular weight excluding hydrogens is 222 g/mol. The molecule has 1 heterocycles. The number of aliphatic hydroxyl groups excluding tert-OH is 1. The van der Waals surface area contributed by atoms with Crippen LogP contribution >= 0.6 is 0 Å². The molecule has 0 bridgehead atoms. The van der Waals surface area contributed by atoms with Crippen molar-refractivity contribution < 1.29 is 5.11 Å². The number of hydrogen-bond donors (Lipinski definition) is 2. The fraction of sp³-hybridized carbons (Fsp3) is 0.500. The van der Waals surface area contributed by atoms with Crippen molar-refractivity contribution in [3.63, 3.8) is 0 Å². The number of aromatic amines is 1. The Morgan fingerprint density at radius 3 is 2.61 bits per heavy atom. The van der Waals surface area contributed by atoms with E-state index in [1.807, 2.05) is 12.3 Å². The van der Waals surface area contributed by atoms with Gasteiger partial charge in [-0.3, -0.25) is 0 Å². The lowest BCUT2D eigenvalue weighted by Crippen LogP contribution is -2.12. The number of aromatic nitrogens is 1. The highest BCUT2D eigenvalue weighted by molar-refractivity contribution is 5.83. The maximum atomic E-state index is 10.7. The van der Waals surface area contributed by atoms with Gasteiger partial charge >= 0.3 is 0 Å². The molecule has 1 unspecified atom stereocenters. The van der Waals surface area contributed by atoms with Crippen molar-refractivity contribution in [3.05, 3.63) is 36.0 Å². The molecule has 2 heteroatoms. The van der Waals surface area contributed by atoms with Crippen LogP contribution < -0.4 is 0 Å². The fourth-order valence-electron chi connectivity index (χ4n) is 3.25. The predicted molar refractivity (Wildman–Crippen MR) is 74.5 cm³/mol. The van der Waals surface area contributed by atoms with E-state index >= 15 is 0 Å². The van der Waals surface area contributed by atoms with E-state index in [9.17, 15) is 5.11 Å². The highest BCUT2D eigenvalue weighted by atomic mass is 16.3. The molecule has 0 spiro atoms. The van der Waals surface area contributed by atoms with E-state index in [2.05, 4.69) is 23.2 Å². The summed E-state index contributed by atoms with van der Waals surface area (Å²) in [4.78, 5) is 3.22. The minimum atomic E-state index is -0.303. The topological polar surface area (TPSA) is 36.0 Å². The van der Waals surface area contributed by atoms with Crippen LogP contribution in [0.4, 0.5) is 0 Å². The third-order valence-electron chi connectivity index (χ3n) is 4.29. The zero-order valence-corrected chi connectivity index (χ0v) is 10.7. The van der Waals surface area contributed by atoms with Gasteiger partial charge in [0.15, 0.2) is 0 Å². The first-order valence-corrected chi connectivity index (χ1v) is 7.10. The summed E-state index contributed by atoms with van der Waals surface area (Å²) in [6.45, 7) is 0. The van der Waals surface area contributed by atoms with Crippen molar-refractivity contribution in [2.24, 2.45) is 5.92 Å². The van der Waals surface area contributed by atoms with Crippen molar-refractivity contribution in [2.75, 3.05) is 0 Å². The van der Waals surface area contributed by atoms with Crippen molar-refractivity contribution in [2.45, 2.75) is 44.6 Å². The molecule has 1 atom stereocenters. The normalized spacial score (nSPS) is 19.8. The first kappa shape index (κ1) is 11.8. The summed E-state index contributed by atoms with van der Waals surface area (Å²) in [5, 5.41) is 11.8. The second-order valence-corrected chi connectivity index (χ2v) is 5.48. The molecule has 1 aromatic carbocycles. The maximum Gasteiger partial charge on any atom is 0.0824 e. The smallest absolute Gasteiger partial charge is 0.0824 e. The van der Waals surface area contributed by atoms with Gasteiger partial charge in [0.2, 0.25) is 0 Å². The van der Waals surface area contributed by atoms with Crippen molar-refractivity contribution in [3.8, 4) is 0 Å². The summed E-state index contributed by atoms with van der Waals surface area (Å²) in [6.07, 6.45) is 9.19. The molecule has 1 fully saturated rings. The summed E-state index contributed by atoms with van der Waals surface area (Å²) in [6, 6.07) is 8.25. The van der Waals surface area contributed by atoms with E-state index < -0.39 is 0 Å². The number of fused-ring (bicyclic) bond motifs is 1. The number of H-pyrrole nitrogens is 1. The fourth-order valence-corrected chi connectivity index (χ4v) is 3.25. The summed E-state index contributed by atoms with van der Waals surface area (Å²) >= 11 is 0. The Hall–Kier alpha value is -1.28. The first-order valence-electron chi connectivity index (χ1n) is 7.10. The summed E-state index contributed by atoms with van der Waals surface area (Å²) in [5.41, 5.74) is 2.22. The second-order valence-electron chi connectivity index (χ2n) is 5.48. The molecule has 1 aliphatic rings. The van der Waals surface area contributed by atoms with Crippen LogP contribution in [0.1, 0.15) is 50.2 Å². The monoisotopic (exact) mass is 243 g/mol. The number of rotatable bonds is 2. The molecule has 2 aromatic rings. The lowest BCUT2D eigenvalue weighted by atomic mass is 9.88. The van der Waals surface area contributed by atoms with Gasteiger partial charge in [0.05, 0.1) is 6.10 Å².